The summed E-state index contributed by atoms with van der Waals surface area (Å²) in [5.41, 5.74) is 2.91. The van der Waals surface area contributed by atoms with Crippen molar-refractivity contribution in [3.8, 4) is 0 Å². The second kappa shape index (κ2) is 6.10. The van der Waals surface area contributed by atoms with Crippen LogP contribution in [0.2, 0.25) is 0 Å². The molecule has 3 aromatic heterocycles. The van der Waals surface area contributed by atoms with Gasteiger partial charge in [0.25, 0.3) is 0 Å². The van der Waals surface area contributed by atoms with E-state index in [0.29, 0.717) is 22.9 Å². The van der Waals surface area contributed by atoms with E-state index in [1.165, 1.54) is 0 Å². The van der Waals surface area contributed by atoms with Gasteiger partial charge in [0.05, 0.1) is 5.69 Å². The maximum atomic E-state index is 10.6. The van der Waals surface area contributed by atoms with E-state index in [9.17, 15) is 5.11 Å². The van der Waals surface area contributed by atoms with E-state index in [2.05, 4.69) is 20.4 Å². The van der Waals surface area contributed by atoms with Crippen molar-refractivity contribution in [2.45, 2.75) is 6.10 Å². The second-order valence-corrected chi connectivity index (χ2v) is 5.34. The molecule has 0 amide bonds. The summed E-state index contributed by atoms with van der Waals surface area (Å²) in [6, 6.07) is 18.9. The van der Waals surface area contributed by atoms with Crippen molar-refractivity contribution in [3.63, 3.8) is 0 Å². The van der Waals surface area contributed by atoms with Crippen molar-refractivity contribution < 1.29 is 5.11 Å². The maximum Gasteiger partial charge on any atom is 0.247 e. The number of rotatable bonds is 4. The fourth-order valence-electron chi connectivity index (χ4n) is 2.54. The molecular weight excluding hydrogens is 302 g/mol. The first kappa shape index (κ1) is 14.3. The molecule has 118 valence electrons. The quantitative estimate of drug-likeness (QED) is 0.605. The van der Waals surface area contributed by atoms with Crippen LogP contribution in [0.15, 0.2) is 73.1 Å². The normalized spacial score (nSPS) is 12.2. The number of nitrogens with one attached hydrogen (secondary N) is 1. The molecule has 24 heavy (non-hydrogen) atoms. The molecule has 3 heterocycles. The Kier molecular flexibility index (Phi) is 3.64. The number of aliphatic hydroxyl groups is 1. The van der Waals surface area contributed by atoms with Gasteiger partial charge in [0, 0.05) is 23.6 Å². The predicted octanol–water partition coefficient (Wildman–Crippen LogP) is 2.95. The molecule has 1 aromatic carbocycles. The molecule has 6 nitrogen and oxygen atoms in total. The van der Waals surface area contributed by atoms with E-state index >= 15 is 0 Å². The zero-order valence-corrected chi connectivity index (χ0v) is 12.7. The SMILES string of the molecule is OC(c1cccnc1)c1cccc2nc(Nc3ccccc3)nn12. The first-order chi connectivity index (χ1) is 11.8. The number of anilines is 2. The smallest absolute Gasteiger partial charge is 0.247 e. The number of aliphatic hydroxyl groups excluding tert-OH is 1. The van der Waals surface area contributed by atoms with Crippen molar-refractivity contribution >= 4 is 17.3 Å². The molecule has 0 aliphatic heterocycles. The zero-order valence-electron chi connectivity index (χ0n) is 12.7. The van der Waals surface area contributed by atoms with Crippen molar-refractivity contribution in [2.24, 2.45) is 0 Å². The molecule has 0 aliphatic carbocycles. The average Bonchev–Trinajstić information content (AvgIpc) is 3.05. The van der Waals surface area contributed by atoms with Gasteiger partial charge in [-0.2, -0.15) is 4.98 Å². The summed E-state index contributed by atoms with van der Waals surface area (Å²) in [6.45, 7) is 0. The molecule has 0 spiro atoms. The van der Waals surface area contributed by atoms with Crippen LogP contribution in [-0.2, 0) is 0 Å². The minimum Gasteiger partial charge on any atom is -0.382 e. The van der Waals surface area contributed by atoms with E-state index in [4.69, 9.17) is 0 Å². The number of pyridine rings is 2. The molecule has 4 rings (SSSR count). The molecule has 4 aromatic rings. The van der Waals surface area contributed by atoms with Gasteiger partial charge < -0.3 is 10.4 Å². The molecule has 1 unspecified atom stereocenters. The van der Waals surface area contributed by atoms with Crippen LogP contribution in [0.5, 0.6) is 0 Å². The van der Waals surface area contributed by atoms with Crippen molar-refractivity contribution in [2.75, 3.05) is 5.32 Å². The summed E-state index contributed by atoms with van der Waals surface area (Å²) in [5, 5.41) is 18.3. The van der Waals surface area contributed by atoms with E-state index in [0.717, 1.165) is 5.69 Å². The Morgan fingerprint density at radius 3 is 2.62 bits per heavy atom. The van der Waals surface area contributed by atoms with Crippen LogP contribution in [0, 0.1) is 0 Å². The summed E-state index contributed by atoms with van der Waals surface area (Å²) in [4.78, 5) is 8.51. The van der Waals surface area contributed by atoms with Crippen LogP contribution in [0.4, 0.5) is 11.6 Å². The Labute approximate surface area is 138 Å². The molecule has 0 saturated heterocycles. The number of benzene rings is 1. The van der Waals surface area contributed by atoms with Crippen molar-refractivity contribution in [1.82, 2.24) is 19.6 Å². The molecule has 0 bridgehead atoms. The predicted molar refractivity (Wildman–Crippen MR) is 91.0 cm³/mol. The number of para-hydroxylation sites is 1. The Morgan fingerprint density at radius 2 is 1.83 bits per heavy atom. The summed E-state index contributed by atoms with van der Waals surface area (Å²) in [7, 11) is 0. The van der Waals surface area contributed by atoms with Crippen molar-refractivity contribution in [3.05, 3.63) is 84.3 Å². The lowest BCUT2D eigenvalue weighted by atomic mass is 10.1. The van der Waals surface area contributed by atoms with E-state index in [-0.39, 0.29) is 0 Å². The Hall–Kier alpha value is -3.25. The summed E-state index contributed by atoms with van der Waals surface area (Å²) >= 11 is 0. The van der Waals surface area contributed by atoms with Crippen LogP contribution in [0.3, 0.4) is 0 Å². The van der Waals surface area contributed by atoms with Gasteiger partial charge in [-0.15, -0.1) is 5.10 Å². The third-order valence-corrected chi connectivity index (χ3v) is 3.70. The van der Waals surface area contributed by atoms with Crippen LogP contribution in [0.25, 0.3) is 5.65 Å². The molecule has 2 N–H and O–H groups in total. The lowest BCUT2D eigenvalue weighted by Gasteiger charge is -2.11. The number of hydrogen-bond acceptors (Lipinski definition) is 5. The highest BCUT2D eigenvalue weighted by atomic mass is 16.3. The maximum absolute atomic E-state index is 10.6. The van der Waals surface area contributed by atoms with Gasteiger partial charge in [-0.05, 0) is 30.3 Å². The Bertz CT molecular complexity index is 953. The second-order valence-electron chi connectivity index (χ2n) is 5.34. The third kappa shape index (κ3) is 2.70. The number of aromatic nitrogens is 4. The van der Waals surface area contributed by atoms with Gasteiger partial charge in [-0.25, -0.2) is 4.52 Å². The first-order valence-electron chi connectivity index (χ1n) is 7.57. The van der Waals surface area contributed by atoms with Crippen LogP contribution >= 0.6 is 0 Å². The summed E-state index contributed by atoms with van der Waals surface area (Å²) in [5.74, 6) is 0.479. The largest absolute Gasteiger partial charge is 0.382 e. The molecular formula is C18H15N5O. The molecule has 6 heteroatoms. The van der Waals surface area contributed by atoms with Crippen LogP contribution < -0.4 is 5.32 Å². The van der Waals surface area contributed by atoms with Gasteiger partial charge in [-0.1, -0.05) is 30.3 Å². The third-order valence-electron chi connectivity index (χ3n) is 3.70. The van der Waals surface area contributed by atoms with E-state index in [1.54, 1.807) is 23.0 Å². The van der Waals surface area contributed by atoms with Crippen molar-refractivity contribution in [1.29, 1.82) is 0 Å². The highest BCUT2D eigenvalue weighted by molar-refractivity contribution is 5.55. The van der Waals surface area contributed by atoms with Crippen LogP contribution in [-0.4, -0.2) is 24.7 Å². The Morgan fingerprint density at radius 1 is 0.958 bits per heavy atom. The Balaban J connectivity index is 1.72. The average molecular weight is 317 g/mol. The first-order valence-corrected chi connectivity index (χ1v) is 7.57. The molecule has 0 fully saturated rings. The fraction of sp³-hybridized carbons (Fsp3) is 0.0556. The minimum absolute atomic E-state index is 0.479. The van der Waals surface area contributed by atoms with Gasteiger partial charge in [0.1, 0.15) is 6.10 Å². The van der Waals surface area contributed by atoms with Crippen LogP contribution in [0.1, 0.15) is 17.4 Å². The molecule has 0 aliphatic rings. The minimum atomic E-state index is -0.825. The highest BCUT2D eigenvalue weighted by Crippen LogP contribution is 2.22. The monoisotopic (exact) mass is 317 g/mol. The zero-order chi connectivity index (χ0) is 16.4. The summed E-state index contributed by atoms with van der Waals surface area (Å²) < 4.78 is 1.64. The highest BCUT2D eigenvalue weighted by Gasteiger charge is 2.16. The van der Waals surface area contributed by atoms with Gasteiger partial charge in [0.2, 0.25) is 5.95 Å². The van der Waals surface area contributed by atoms with Gasteiger partial charge in [-0.3, -0.25) is 4.98 Å². The summed E-state index contributed by atoms with van der Waals surface area (Å²) in [6.07, 6.45) is 2.49. The molecule has 0 saturated carbocycles. The number of fused-ring (bicyclic) bond motifs is 1. The lowest BCUT2D eigenvalue weighted by Crippen LogP contribution is -2.07. The lowest BCUT2D eigenvalue weighted by molar-refractivity contribution is 0.212. The topological polar surface area (TPSA) is 75.3 Å². The number of nitrogens with zero attached hydrogens (tertiary/aromatic N) is 4. The standard InChI is InChI=1S/C18H15N5O/c24-17(13-6-5-11-19-12-13)15-9-4-10-16-21-18(22-23(15)16)20-14-7-2-1-3-8-14/h1-12,17,24H,(H,20,22). The van der Waals surface area contributed by atoms with E-state index < -0.39 is 6.10 Å². The van der Waals surface area contributed by atoms with Gasteiger partial charge >= 0.3 is 0 Å². The number of hydrogen-bond donors (Lipinski definition) is 2. The van der Waals surface area contributed by atoms with Gasteiger partial charge in [0.15, 0.2) is 5.65 Å². The van der Waals surface area contributed by atoms with E-state index in [1.807, 2.05) is 54.6 Å². The molecule has 0 radical (unpaired) electrons. The molecule has 1 atom stereocenters. The fourth-order valence-corrected chi connectivity index (χ4v) is 2.54.